The number of nitrogens with zero attached hydrogens (tertiary/aromatic N) is 1. The second-order valence-corrected chi connectivity index (χ2v) is 3.97. The molecule has 2 bridgehead atoms. The fourth-order valence-electron chi connectivity index (χ4n) is 2.51. The Morgan fingerprint density at radius 1 is 1.47 bits per heavy atom. The normalized spacial score (nSPS) is 32.1. The van der Waals surface area contributed by atoms with Gasteiger partial charge >= 0.3 is 5.97 Å². The third-order valence-corrected chi connectivity index (χ3v) is 3.05. The van der Waals surface area contributed by atoms with Crippen molar-refractivity contribution in [2.45, 2.75) is 32.4 Å². The zero-order valence-electron chi connectivity index (χ0n) is 8.97. The second kappa shape index (κ2) is 3.68. The number of carbonyl (C=O) groups excluding carboxylic acids is 2. The Morgan fingerprint density at radius 3 is 2.80 bits per heavy atom. The lowest BCUT2D eigenvalue weighted by molar-refractivity contribution is -0.154. The van der Waals surface area contributed by atoms with Crippen LogP contribution in [0.15, 0.2) is 12.2 Å². The number of ether oxygens (including phenoxy) is 1. The predicted molar refractivity (Wildman–Crippen MR) is 54.0 cm³/mol. The molecule has 4 nitrogen and oxygen atoms in total. The molecular formula is C11H15NO3. The summed E-state index contributed by atoms with van der Waals surface area (Å²) in [5, 5.41) is 0. The highest BCUT2D eigenvalue weighted by Crippen LogP contribution is 2.37. The fraction of sp³-hybridized carbons (Fsp3) is 0.636. The molecule has 15 heavy (non-hydrogen) atoms. The van der Waals surface area contributed by atoms with E-state index >= 15 is 0 Å². The van der Waals surface area contributed by atoms with Crippen LogP contribution in [0, 0.1) is 5.92 Å². The number of amides is 1. The number of rotatable bonds is 2. The largest absolute Gasteiger partial charge is 0.464 e. The average Bonchev–Trinajstić information content (AvgIpc) is 2.76. The zero-order chi connectivity index (χ0) is 11.0. The van der Waals surface area contributed by atoms with Crippen LogP contribution in [0.1, 0.15) is 20.3 Å². The Kier molecular flexibility index (Phi) is 2.50. The van der Waals surface area contributed by atoms with E-state index in [2.05, 4.69) is 0 Å². The van der Waals surface area contributed by atoms with E-state index < -0.39 is 6.04 Å². The molecule has 0 saturated carbocycles. The molecule has 0 aromatic rings. The Morgan fingerprint density at radius 2 is 2.20 bits per heavy atom. The molecule has 1 aliphatic carbocycles. The van der Waals surface area contributed by atoms with Crippen molar-refractivity contribution >= 4 is 11.9 Å². The number of likely N-dealkylation sites (tertiary alicyclic amines) is 1. The molecule has 3 unspecified atom stereocenters. The molecule has 1 amide bonds. The van der Waals surface area contributed by atoms with Crippen LogP contribution in [-0.2, 0) is 14.3 Å². The minimum atomic E-state index is -0.391. The van der Waals surface area contributed by atoms with Gasteiger partial charge in [0.05, 0.1) is 12.6 Å². The molecule has 1 aliphatic heterocycles. The van der Waals surface area contributed by atoms with Gasteiger partial charge in [0.25, 0.3) is 0 Å². The lowest BCUT2D eigenvalue weighted by Gasteiger charge is -2.29. The van der Waals surface area contributed by atoms with Crippen molar-refractivity contribution in [3.63, 3.8) is 0 Å². The summed E-state index contributed by atoms with van der Waals surface area (Å²) in [6.07, 6.45) is 4.89. The molecule has 0 aromatic heterocycles. The van der Waals surface area contributed by atoms with Crippen molar-refractivity contribution in [2.75, 3.05) is 6.61 Å². The summed E-state index contributed by atoms with van der Waals surface area (Å²) in [5.74, 6) is -0.174. The van der Waals surface area contributed by atoms with Crippen LogP contribution in [0.4, 0.5) is 0 Å². The summed E-state index contributed by atoms with van der Waals surface area (Å²) in [6, 6.07) is -0.292. The van der Waals surface area contributed by atoms with Gasteiger partial charge in [0.15, 0.2) is 0 Å². The Labute approximate surface area is 88.9 Å². The standard InChI is InChI=1S/C11H15NO3/c1-3-15-11(14)10-8-4-5-9(6-8)12(10)7(2)13/h4-5,8-10H,3,6H2,1-2H3. The lowest BCUT2D eigenvalue weighted by Crippen LogP contribution is -2.47. The molecule has 2 aliphatic rings. The molecule has 3 atom stereocenters. The van der Waals surface area contributed by atoms with E-state index in [1.165, 1.54) is 6.92 Å². The summed E-state index contributed by atoms with van der Waals surface area (Å²) < 4.78 is 4.99. The van der Waals surface area contributed by atoms with Crippen molar-refractivity contribution in [1.29, 1.82) is 0 Å². The van der Waals surface area contributed by atoms with Gasteiger partial charge in [-0.1, -0.05) is 12.2 Å². The van der Waals surface area contributed by atoms with Gasteiger partial charge in [0, 0.05) is 12.8 Å². The molecule has 1 saturated heterocycles. The molecule has 4 heteroatoms. The Bertz CT molecular complexity index is 324. The van der Waals surface area contributed by atoms with Gasteiger partial charge in [0.1, 0.15) is 6.04 Å². The van der Waals surface area contributed by atoms with E-state index in [9.17, 15) is 9.59 Å². The molecule has 0 spiro atoms. The molecule has 1 fully saturated rings. The van der Waals surface area contributed by atoms with Gasteiger partial charge in [-0.15, -0.1) is 0 Å². The van der Waals surface area contributed by atoms with Crippen LogP contribution in [-0.4, -0.2) is 35.5 Å². The molecule has 0 aromatic carbocycles. The summed E-state index contributed by atoms with van der Waals surface area (Å²) in [6.45, 7) is 3.64. The maximum atomic E-state index is 11.7. The minimum absolute atomic E-state index is 0.0510. The first-order valence-corrected chi connectivity index (χ1v) is 5.29. The van der Waals surface area contributed by atoms with E-state index in [1.807, 2.05) is 12.2 Å². The first-order chi connectivity index (χ1) is 7.15. The Hall–Kier alpha value is -1.32. The number of fused-ring (bicyclic) bond motifs is 2. The highest BCUT2D eigenvalue weighted by Gasteiger charge is 2.48. The van der Waals surface area contributed by atoms with Crippen LogP contribution >= 0.6 is 0 Å². The maximum absolute atomic E-state index is 11.7. The number of carbonyl (C=O) groups is 2. The van der Waals surface area contributed by atoms with Crippen LogP contribution in [0.5, 0.6) is 0 Å². The van der Waals surface area contributed by atoms with Crippen molar-refractivity contribution in [1.82, 2.24) is 4.90 Å². The molecule has 2 rings (SSSR count). The quantitative estimate of drug-likeness (QED) is 0.497. The summed E-state index contributed by atoms with van der Waals surface area (Å²) in [5.41, 5.74) is 0. The minimum Gasteiger partial charge on any atom is -0.464 e. The molecule has 1 heterocycles. The maximum Gasteiger partial charge on any atom is 0.329 e. The number of hydrogen-bond donors (Lipinski definition) is 0. The van der Waals surface area contributed by atoms with Gasteiger partial charge in [-0.05, 0) is 13.3 Å². The molecule has 82 valence electrons. The van der Waals surface area contributed by atoms with Crippen molar-refractivity contribution in [3.05, 3.63) is 12.2 Å². The van der Waals surface area contributed by atoms with Gasteiger partial charge in [-0.3, -0.25) is 4.79 Å². The van der Waals surface area contributed by atoms with Gasteiger partial charge < -0.3 is 9.64 Å². The summed E-state index contributed by atoms with van der Waals surface area (Å²) in [4.78, 5) is 24.8. The van der Waals surface area contributed by atoms with E-state index in [-0.39, 0.29) is 23.8 Å². The lowest BCUT2D eigenvalue weighted by atomic mass is 10.0. The molecular weight excluding hydrogens is 194 g/mol. The van der Waals surface area contributed by atoms with Crippen molar-refractivity contribution in [3.8, 4) is 0 Å². The van der Waals surface area contributed by atoms with Crippen molar-refractivity contribution in [2.24, 2.45) is 5.92 Å². The van der Waals surface area contributed by atoms with E-state index in [1.54, 1.807) is 11.8 Å². The molecule has 0 N–H and O–H groups in total. The smallest absolute Gasteiger partial charge is 0.329 e. The van der Waals surface area contributed by atoms with E-state index in [0.29, 0.717) is 6.61 Å². The van der Waals surface area contributed by atoms with Gasteiger partial charge in [-0.2, -0.15) is 0 Å². The third kappa shape index (κ3) is 1.54. The predicted octanol–water partition coefficient (Wildman–Crippen LogP) is 0.725. The number of hydrogen-bond acceptors (Lipinski definition) is 3. The van der Waals surface area contributed by atoms with Gasteiger partial charge in [0.2, 0.25) is 5.91 Å². The van der Waals surface area contributed by atoms with E-state index in [0.717, 1.165) is 6.42 Å². The average molecular weight is 209 g/mol. The van der Waals surface area contributed by atoms with Crippen LogP contribution in [0.25, 0.3) is 0 Å². The molecule has 0 radical (unpaired) electrons. The summed E-state index contributed by atoms with van der Waals surface area (Å²) >= 11 is 0. The monoisotopic (exact) mass is 209 g/mol. The first-order valence-electron chi connectivity index (χ1n) is 5.29. The highest BCUT2D eigenvalue weighted by atomic mass is 16.5. The zero-order valence-corrected chi connectivity index (χ0v) is 8.97. The van der Waals surface area contributed by atoms with Crippen LogP contribution in [0.3, 0.4) is 0 Å². The highest BCUT2D eigenvalue weighted by molar-refractivity contribution is 5.85. The number of esters is 1. The third-order valence-electron chi connectivity index (χ3n) is 3.05. The Balaban J connectivity index is 2.19. The van der Waals surface area contributed by atoms with Gasteiger partial charge in [-0.25, -0.2) is 4.79 Å². The van der Waals surface area contributed by atoms with Crippen LogP contribution < -0.4 is 0 Å². The topological polar surface area (TPSA) is 46.6 Å². The SMILES string of the molecule is CCOC(=O)C1C2C=CC(C2)N1C(C)=O. The van der Waals surface area contributed by atoms with Crippen LogP contribution in [0.2, 0.25) is 0 Å². The van der Waals surface area contributed by atoms with E-state index in [4.69, 9.17) is 4.74 Å². The summed E-state index contributed by atoms with van der Waals surface area (Å²) in [7, 11) is 0. The fourth-order valence-corrected chi connectivity index (χ4v) is 2.51. The first kappa shape index (κ1) is 10.2. The van der Waals surface area contributed by atoms with Crippen molar-refractivity contribution < 1.29 is 14.3 Å². The second-order valence-electron chi connectivity index (χ2n) is 3.97.